The minimum atomic E-state index is -0.598. The van der Waals surface area contributed by atoms with E-state index in [4.69, 9.17) is 34.7 Å². The van der Waals surface area contributed by atoms with Crippen molar-refractivity contribution in [2.45, 2.75) is 234 Å². The van der Waals surface area contributed by atoms with Gasteiger partial charge in [-0.05, 0) is 298 Å². The molecule has 18 nitrogen and oxygen atoms in total. The van der Waals surface area contributed by atoms with Gasteiger partial charge in [0.1, 0.15) is 37.2 Å². The summed E-state index contributed by atoms with van der Waals surface area (Å²) in [7, 11) is 12.4. The molecule has 0 saturated heterocycles. The van der Waals surface area contributed by atoms with Crippen LogP contribution in [0.25, 0.3) is 41.6 Å². The lowest BCUT2D eigenvalue weighted by Gasteiger charge is -2.33. The molecule has 0 saturated carbocycles. The van der Waals surface area contributed by atoms with Gasteiger partial charge in [0.15, 0.2) is 5.43 Å². The average Bonchev–Trinajstić information content (AvgIpc) is 0.764. The van der Waals surface area contributed by atoms with Crippen LogP contribution in [0.15, 0.2) is 327 Å². The summed E-state index contributed by atoms with van der Waals surface area (Å²) < 4.78 is 21.3. The average molecular weight is 2240 g/mol. The maximum atomic E-state index is 12.9. The number of halogens is 1. The van der Waals surface area contributed by atoms with Crippen molar-refractivity contribution in [2.24, 2.45) is 0 Å². The van der Waals surface area contributed by atoms with Gasteiger partial charge in [0.05, 0.1) is 99.0 Å². The zero-order valence-electron chi connectivity index (χ0n) is 89.1. The van der Waals surface area contributed by atoms with Gasteiger partial charge in [0.2, 0.25) is 5.36 Å². The van der Waals surface area contributed by atoms with Crippen LogP contribution in [0.1, 0.15) is 196 Å². The topological polar surface area (TPSA) is 206 Å². The highest BCUT2D eigenvalue weighted by Gasteiger charge is 2.37. The summed E-state index contributed by atoms with van der Waals surface area (Å²) in [5, 5.41) is 19.3. The Morgan fingerprint density at radius 1 is 0.387 bits per heavy atom. The van der Waals surface area contributed by atoms with E-state index in [9.17, 15) is 24.0 Å². The van der Waals surface area contributed by atoms with E-state index in [1.165, 1.54) is 92.0 Å². The van der Waals surface area contributed by atoms with Gasteiger partial charge in [0, 0.05) is 117 Å². The van der Waals surface area contributed by atoms with E-state index >= 15 is 0 Å². The highest BCUT2D eigenvalue weighted by Crippen LogP contribution is 2.53. The van der Waals surface area contributed by atoms with Gasteiger partial charge >= 0.3 is 18.3 Å². The van der Waals surface area contributed by atoms with Crippen molar-refractivity contribution >= 4 is 172 Å². The van der Waals surface area contributed by atoms with Crippen molar-refractivity contribution in [3.63, 3.8) is 0 Å². The summed E-state index contributed by atoms with van der Waals surface area (Å²) in [6, 6.07) is 95.7. The molecule has 7 heterocycles. The van der Waals surface area contributed by atoms with Gasteiger partial charge in [-0.3, -0.25) is 9.59 Å². The van der Waals surface area contributed by atoms with Crippen LogP contribution in [0, 0.1) is 22.7 Å². The molecule has 9 aliphatic rings. The van der Waals surface area contributed by atoms with E-state index in [2.05, 4.69) is 216 Å². The molecule has 0 spiro atoms. The Hall–Kier alpha value is -12.7. The van der Waals surface area contributed by atoms with Gasteiger partial charge in [-0.1, -0.05) is 223 Å². The smallest absolute Gasteiger partial charge is 0.419 e. The second-order valence-electron chi connectivity index (χ2n) is 39.5. The largest absolute Gasteiger partial charge is 1.00 e. The maximum Gasteiger partial charge on any atom is 0.419 e. The van der Waals surface area contributed by atoms with Gasteiger partial charge in [0.25, 0.3) is 0 Å². The van der Waals surface area contributed by atoms with Crippen LogP contribution in [-0.2, 0) is 52.7 Å². The number of benzene rings is 14. The molecule has 150 heavy (non-hydrogen) atoms. The van der Waals surface area contributed by atoms with Gasteiger partial charge in [-0.25, -0.2) is 43.6 Å². The number of fused-ring (bicyclic) bond motifs is 14. The number of carbonyl (C=O) groups excluding carboxylic acids is 4. The third kappa shape index (κ3) is 28.9. The summed E-state index contributed by atoms with van der Waals surface area (Å²) >= 11 is 12.0. The summed E-state index contributed by atoms with van der Waals surface area (Å²) in [6.45, 7) is 29.4. The van der Waals surface area contributed by atoms with Gasteiger partial charge in [-0.15, -0.1) is 22.7 Å². The lowest BCUT2D eigenvalue weighted by molar-refractivity contribution is -0.0000875. The highest BCUT2D eigenvalue weighted by molar-refractivity contribution is 8.00. The van der Waals surface area contributed by atoms with Crippen LogP contribution < -0.4 is 63.8 Å². The molecule has 7 aliphatic heterocycles. The quantitative estimate of drug-likeness (QED) is 0.0388. The number of rotatable bonds is 11. The number of hydrogen-bond acceptors (Lipinski definition) is 21. The zero-order chi connectivity index (χ0) is 107. The Labute approximate surface area is 929 Å². The number of amides is 3. The number of aromatic nitrogens is 2. The first-order valence-corrected chi connectivity index (χ1v) is 56.1. The fourth-order valence-electron chi connectivity index (χ4n) is 17.1. The van der Waals surface area contributed by atoms with Crippen LogP contribution in [0.3, 0.4) is 0 Å². The lowest BCUT2D eigenvalue weighted by Crippen LogP contribution is -3.00. The molecule has 12 aromatic rings. The van der Waals surface area contributed by atoms with E-state index in [1.54, 1.807) is 103 Å². The molecule has 21 rings (SSSR count). The van der Waals surface area contributed by atoms with Crippen molar-refractivity contribution in [1.29, 1.82) is 10.5 Å². The summed E-state index contributed by atoms with van der Waals surface area (Å²) in [5.41, 5.74) is 21.9. The Bertz CT molecular complexity index is 7760. The number of nitrogens with zero attached hydrogens (tertiary/aromatic N) is 10. The molecule has 0 radical (unpaired) electrons. The standard InChI is InChI=1S/C20H23NO2S.C19H24N3S.C18H16N2O2S.C18H17NO3S.C17H18N2OS.C16H16S.C14H9NS.C2H6.HI/c1-5-8-14-11-12-18-16(13-14)21(19(22)23-20(2,3)4)15-9-6-7-10-17(15)24-18;1-6-7-13-10-16-19(12-17(13)22(4)5)23-18-11-14(21(2)3)8-9-15(18)20-16;1-18(2,3)22-17(21)20-13-6-4-5-7-15(13)23-16-9-8-12(11-19)10-14(16)20;1-18(2,3)22-17(21)19-13-6-4-5-7-15(13)23-16-9-8-12(11-20)10-14(16)19;1-4-5-11-8-14-17(10-15(11)20)21-16-9-12(19(2)3)6-7-13(16)18-14;1-2-5-12-8-9-16-14(10-12)11-13-6-3-4-7-15(13)17-16;15-9-10-5-6-14-12(7-10)8-11-3-1-2-4-13(11)16-14;1-2;/h6-7,9-13H,5,8H2,1-4H3;8-12H,6-7H2,1-5H3;4-10H,1-3H3;4-11H,1-3H3;6-10H,4-5H2,1-3H3;3-4,6-10H,2,5,11H2,1H3;1-7H,8H2;1-2H3;1H/q;+1;;;;;;;/p-1. The number of carbonyl (C=O) groups is 4. The minimum absolute atomic E-state index is 0. The number of para-hydroxylation sites is 3. The van der Waals surface area contributed by atoms with Crippen molar-refractivity contribution in [2.75, 3.05) is 66.8 Å². The van der Waals surface area contributed by atoms with Crippen molar-refractivity contribution in [1.82, 2.24) is 14.5 Å². The number of anilines is 8. The Morgan fingerprint density at radius 2 is 0.733 bits per heavy atom. The molecule has 0 atom stereocenters. The first-order chi connectivity index (χ1) is 71.5. The predicted octanol–water partition coefficient (Wildman–Crippen LogP) is 29.9. The second-order valence-corrected chi connectivity index (χ2v) is 47.1. The molecule has 0 bridgehead atoms. The molecule has 0 fully saturated rings. The highest BCUT2D eigenvalue weighted by atomic mass is 127. The van der Waals surface area contributed by atoms with Crippen LogP contribution in [0.5, 0.6) is 0 Å². The van der Waals surface area contributed by atoms with Crippen molar-refractivity contribution < 1.29 is 57.4 Å². The fraction of sp³-hybridized carbons (Fsp3) is 0.274. The summed E-state index contributed by atoms with van der Waals surface area (Å²) in [6.07, 6.45) is 10.1. The van der Waals surface area contributed by atoms with Crippen LogP contribution >= 0.6 is 81.5 Å². The minimum Gasteiger partial charge on any atom is -1.00 e. The first-order valence-electron chi connectivity index (χ1n) is 50.4. The second kappa shape index (κ2) is 51.9. The summed E-state index contributed by atoms with van der Waals surface area (Å²) in [5.74, 6) is 0. The van der Waals surface area contributed by atoms with E-state index in [0.717, 1.165) is 159 Å². The lowest BCUT2D eigenvalue weighted by atomic mass is 10.0. The molecule has 772 valence electrons. The predicted molar refractivity (Wildman–Crippen MR) is 622 cm³/mol. The Balaban J connectivity index is 0.000000146. The molecular formula is C124H129IN10O8S7. The molecule has 0 N–H and O–H groups in total. The number of aryl methyl sites for hydroxylation is 4. The normalized spacial score (nSPS) is 12.2. The Morgan fingerprint density at radius 3 is 1.16 bits per heavy atom. The molecule has 3 amide bonds. The molecule has 0 aromatic heterocycles. The summed E-state index contributed by atoms with van der Waals surface area (Å²) in [4.78, 5) is 93.8. The van der Waals surface area contributed by atoms with Crippen molar-refractivity contribution in [3.8, 4) is 33.3 Å². The van der Waals surface area contributed by atoms with Gasteiger partial charge < -0.3 is 48.0 Å². The Kier molecular flexibility index (Phi) is 39.5. The third-order valence-electron chi connectivity index (χ3n) is 23.9. The molecule has 26 heteroatoms. The zero-order valence-corrected chi connectivity index (χ0v) is 97.0. The van der Waals surface area contributed by atoms with E-state index < -0.39 is 29.0 Å². The van der Waals surface area contributed by atoms with E-state index in [1.807, 2.05) is 223 Å². The van der Waals surface area contributed by atoms with Crippen LogP contribution in [0.2, 0.25) is 0 Å². The number of aldehydes is 1. The third-order valence-corrected chi connectivity index (χ3v) is 31.9. The fourth-order valence-corrected chi connectivity index (χ4v) is 24.3. The SMILES string of the molecule is CC.CC(C)(C)OC(=O)N1c2ccccc2Sc2ccc(C#N)cc21.CC(C)(C)OC(=O)N1c2ccccc2Sc2ccc(C=O)cc21.CCCc1cc2nc3ccc(N(C)C)cc3sc-2cc1=O.CCCc1cc2nc3ccc(N(C)C)cc3sc-2cc1=[N+](C)C.CCCc1ccc2c(c1)Cc1ccccc1S2.CCCc1ccc2c(c1)N(C(=O)OC(C)(C)C)c1ccccc1S2.N#Cc1ccc2c(c1)Cc1ccccc1S2.[I-]. The maximum absolute atomic E-state index is 12.9. The number of nitriles is 2. The number of hydrogen-bond donors (Lipinski definition) is 0. The molecule has 0 unspecified atom stereocenters. The van der Waals surface area contributed by atoms with Gasteiger partial charge in [-0.2, -0.15) is 10.5 Å². The van der Waals surface area contributed by atoms with Crippen LogP contribution in [0.4, 0.5) is 59.9 Å². The van der Waals surface area contributed by atoms with E-state index in [-0.39, 0.29) is 35.5 Å². The number of ether oxygens (including phenoxy) is 3. The first kappa shape index (κ1) is 114. The molecule has 2 aliphatic carbocycles. The monoisotopic (exact) mass is 2240 g/mol. The van der Waals surface area contributed by atoms with Crippen molar-refractivity contribution in [3.05, 3.63) is 350 Å². The molecular weight excluding hydrogens is 2110 g/mol. The van der Waals surface area contributed by atoms with Crippen LogP contribution in [-0.4, -0.2) is 93.6 Å². The molecule has 12 aromatic carbocycles. The van der Waals surface area contributed by atoms with E-state index in [0.29, 0.717) is 22.5 Å².